The quantitative estimate of drug-likeness (QED) is 0.793. The zero-order valence-corrected chi connectivity index (χ0v) is 13.9. The van der Waals surface area contributed by atoms with Crippen LogP contribution in [0.5, 0.6) is 0 Å². The number of halogens is 1. The molecular formula is C18H17FN4O2. The molecule has 0 saturated heterocycles. The van der Waals surface area contributed by atoms with Gasteiger partial charge in [0, 0.05) is 19.3 Å². The van der Waals surface area contributed by atoms with Gasteiger partial charge in [-0.2, -0.15) is 5.10 Å². The van der Waals surface area contributed by atoms with Gasteiger partial charge in [0.2, 0.25) is 5.43 Å². The van der Waals surface area contributed by atoms with E-state index in [-0.39, 0.29) is 28.8 Å². The molecule has 128 valence electrons. The number of aromatic nitrogens is 3. The number of carbonyl (C=O) groups is 1. The van der Waals surface area contributed by atoms with E-state index in [1.807, 2.05) is 0 Å². The molecule has 1 N–H and O–H groups in total. The number of carbonyl (C=O) groups excluding carboxylic acids is 1. The SMILES string of the molecule is Cc1nn(-c2ccc(F)cc2)c2c1c(=O)c(C(=O)NC1CC1)cn2C. The van der Waals surface area contributed by atoms with Crippen LogP contribution >= 0.6 is 0 Å². The van der Waals surface area contributed by atoms with Crippen molar-refractivity contribution in [2.24, 2.45) is 7.05 Å². The van der Waals surface area contributed by atoms with E-state index in [9.17, 15) is 14.0 Å². The van der Waals surface area contributed by atoms with Crippen LogP contribution in [0.4, 0.5) is 4.39 Å². The molecule has 3 aromatic rings. The molecule has 1 aliphatic rings. The summed E-state index contributed by atoms with van der Waals surface area (Å²) in [5.41, 5.74) is 1.52. The highest BCUT2D eigenvalue weighted by Gasteiger charge is 2.26. The second kappa shape index (κ2) is 5.54. The third kappa shape index (κ3) is 2.61. The highest BCUT2D eigenvalue weighted by molar-refractivity contribution is 5.97. The number of rotatable bonds is 3. The molecule has 4 rings (SSSR count). The van der Waals surface area contributed by atoms with Gasteiger partial charge in [0.25, 0.3) is 5.91 Å². The van der Waals surface area contributed by atoms with Gasteiger partial charge in [-0.15, -0.1) is 0 Å². The molecule has 1 aliphatic carbocycles. The van der Waals surface area contributed by atoms with Gasteiger partial charge < -0.3 is 9.88 Å². The molecule has 0 bridgehead atoms. The number of benzene rings is 1. The normalized spacial score (nSPS) is 14.0. The van der Waals surface area contributed by atoms with E-state index < -0.39 is 0 Å². The predicted octanol–water partition coefficient (Wildman–Crippen LogP) is 2.06. The number of pyridine rings is 1. The number of nitrogens with one attached hydrogen (secondary N) is 1. The molecule has 7 heteroatoms. The first kappa shape index (κ1) is 15.6. The number of aryl methyl sites for hydroxylation is 2. The van der Waals surface area contributed by atoms with E-state index in [4.69, 9.17) is 0 Å². The summed E-state index contributed by atoms with van der Waals surface area (Å²) in [6, 6.07) is 6.05. The Hall–Kier alpha value is -2.96. The third-order valence-electron chi connectivity index (χ3n) is 4.39. The summed E-state index contributed by atoms with van der Waals surface area (Å²) in [4.78, 5) is 25.2. The topological polar surface area (TPSA) is 68.9 Å². The molecule has 1 aromatic carbocycles. The number of hydrogen-bond acceptors (Lipinski definition) is 3. The van der Waals surface area contributed by atoms with Crippen LogP contribution in [-0.4, -0.2) is 26.3 Å². The molecule has 0 aliphatic heterocycles. The van der Waals surface area contributed by atoms with Gasteiger partial charge in [0.15, 0.2) is 0 Å². The van der Waals surface area contributed by atoms with Crippen molar-refractivity contribution in [1.29, 1.82) is 0 Å². The van der Waals surface area contributed by atoms with Crippen molar-refractivity contribution in [2.75, 3.05) is 0 Å². The summed E-state index contributed by atoms with van der Waals surface area (Å²) in [7, 11) is 1.76. The number of fused-ring (bicyclic) bond motifs is 1. The Balaban J connectivity index is 1.91. The largest absolute Gasteiger partial charge is 0.349 e. The van der Waals surface area contributed by atoms with Crippen LogP contribution in [0.15, 0.2) is 35.3 Å². The molecule has 2 aromatic heterocycles. The van der Waals surface area contributed by atoms with Gasteiger partial charge in [-0.25, -0.2) is 9.07 Å². The standard InChI is InChI=1S/C18H17FN4O2/c1-10-15-16(24)14(17(25)20-12-5-6-12)9-22(2)18(15)23(21-10)13-7-3-11(19)4-8-13/h3-4,7-9,12H,5-6H2,1-2H3,(H,20,25). The maximum absolute atomic E-state index is 13.2. The Morgan fingerprint density at radius 3 is 2.60 bits per heavy atom. The molecule has 2 heterocycles. The van der Waals surface area contributed by atoms with Gasteiger partial charge in [0.05, 0.1) is 16.8 Å². The fourth-order valence-electron chi connectivity index (χ4n) is 2.97. The number of hydrogen-bond donors (Lipinski definition) is 1. The van der Waals surface area contributed by atoms with E-state index in [0.717, 1.165) is 12.8 Å². The van der Waals surface area contributed by atoms with Crippen molar-refractivity contribution in [3.8, 4) is 5.69 Å². The minimum Gasteiger partial charge on any atom is -0.349 e. The molecule has 1 saturated carbocycles. The predicted molar refractivity (Wildman–Crippen MR) is 91.5 cm³/mol. The Morgan fingerprint density at radius 1 is 1.28 bits per heavy atom. The van der Waals surface area contributed by atoms with Crippen molar-refractivity contribution < 1.29 is 9.18 Å². The van der Waals surface area contributed by atoms with E-state index in [2.05, 4.69) is 10.4 Å². The maximum atomic E-state index is 13.2. The van der Waals surface area contributed by atoms with Crippen LogP contribution in [0, 0.1) is 12.7 Å². The van der Waals surface area contributed by atoms with Crippen molar-refractivity contribution in [3.05, 3.63) is 57.8 Å². The summed E-state index contributed by atoms with van der Waals surface area (Å²) >= 11 is 0. The summed E-state index contributed by atoms with van der Waals surface area (Å²) < 4.78 is 16.5. The minimum absolute atomic E-state index is 0.114. The third-order valence-corrected chi connectivity index (χ3v) is 4.39. The van der Waals surface area contributed by atoms with Crippen LogP contribution < -0.4 is 10.7 Å². The molecule has 6 nitrogen and oxygen atoms in total. The zero-order valence-electron chi connectivity index (χ0n) is 13.9. The van der Waals surface area contributed by atoms with Crippen molar-refractivity contribution in [3.63, 3.8) is 0 Å². The second-order valence-electron chi connectivity index (χ2n) is 6.40. The van der Waals surface area contributed by atoms with E-state index >= 15 is 0 Å². The lowest BCUT2D eigenvalue weighted by molar-refractivity contribution is 0.0949. The zero-order chi connectivity index (χ0) is 17.7. The molecule has 0 spiro atoms. The maximum Gasteiger partial charge on any atom is 0.256 e. The molecule has 1 amide bonds. The van der Waals surface area contributed by atoms with Crippen LogP contribution in [0.25, 0.3) is 16.7 Å². The van der Waals surface area contributed by atoms with Gasteiger partial charge in [0.1, 0.15) is 17.0 Å². The highest BCUT2D eigenvalue weighted by Crippen LogP contribution is 2.21. The van der Waals surface area contributed by atoms with Gasteiger partial charge in [-0.3, -0.25) is 9.59 Å². The Bertz CT molecular complexity index is 1050. The van der Waals surface area contributed by atoms with Crippen LogP contribution in [0.3, 0.4) is 0 Å². The average molecular weight is 340 g/mol. The number of amides is 1. The molecule has 1 fully saturated rings. The summed E-state index contributed by atoms with van der Waals surface area (Å²) in [5.74, 6) is -0.691. The molecule has 25 heavy (non-hydrogen) atoms. The lowest BCUT2D eigenvalue weighted by Crippen LogP contribution is -2.31. The Kier molecular flexibility index (Phi) is 3.45. The molecule has 0 atom stereocenters. The Morgan fingerprint density at radius 2 is 1.96 bits per heavy atom. The summed E-state index contributed by atoms with van der Waals surface area (Å²) in [6.07, 6.45) is 3.44. The van der Waals surface area contributed by atoms with E-state index in [0.29, 0.717) is 22.4 Å². The highest BCUT2D eigenvalue weighted by atomic mass is 19.1. The summed E-state index contributed by atoms with van der Waals surface area (Å²) in [5, 5.41) is 7.67. The molecule has 0 unspecified atom stereocenters. The second-order valence-corrected chi connectivity index (χ2v) is 6.40. The van der Waals surface area contributed by atoms with Gasteiger partial charge >= 0.3 is 0 Å². The average Bonchev–Trinajstić information content (AvgIpc) is 3.32. The summed E-state index contributed by atoms with van der Waals surface area (Å²) in [6.45, 7) is 1.73. The van der Waals surface area contributed by atoms with E-state index in [1.165, 1.54) is 18.3 Å². The fourth-order valence-corrected chi connectivity index (χ4v) is 2.97. The van der Waals surface area contributed by atoms with Crippen molar-refractivity contribution in [1.82, 2.24) is 19.7 Å². The first-order valence-corrected chi connectivity index (χ1v) is 8.11. The molecular weight excluding hydrogens is 323 g/mol. The van der Waals surface area contributed by atoms with Crippen LogP contribution in [0.2, 0.25) is 0 Å². The lowest BCUT2D eigenvalue weighted by atomic mass is 10.1. The van der Waals surface area contributed by atoms with Gasteiger partial charge in [-0.05, 0) is 44.0 Å². The smallest absolute Gasteiger partial charge is 0.256 e. The molecule has 0 radical (unpaired) electrons. The lowest BCUT2D eigenvalue weighted by Gasteiger charge is -2.10. The fraction of sp³-hybridized carbons (Fsp3) is 0.278. The van der Waals surface area contributed by atoms with Crippen molar-refractivity contribution in [2.45, 2.75) is 25.8 Å². The Labute approximate surface area is 142 Å². The monoisotopic (exact) mass is 340 g/mol. The minimum atomic E-state index is -0.348. The number of nitrogens with zero attached hydrogens (tertiary/aromatic N) is 3. The van der Waals surface area contributed by atoms with Gasteiger partial charge in [-0.1, -0.05) is 0 Å². The first-order chi connectivity index (χ1) is 12.0. The van der Waals surface area contributed by atoms with Crippen LogP contribution in [-0.2, 0) is 7.05 Å². The van der Waals surface area contributed by atoms with Crippen LogP contribution in [0.1, 0.15) is 28.9 Å². The van der Waals surface area contributed by atoms with E-state index in [1.54, 1.807) is 35.4 Å². The van der Waals surface area contributed by atoms with Crippen molar-refractivity contribution >= 4 is 16.9 Å². The first-order valence-electron chi connectivity index (χ1n) is 8.11.